The van der Waals surface area contributed by atoms with Gasteiger partial charge in [-0.1, -0.05) is 96.8 Å². The van der Waals surface area contributed by atoms with E-state index in [0.29, 0.717) is 29.2 Å². The van der Waals surface area contributed by atoms with E-state index < -0.39 is 5.97 Å². The molecule has 1 amide bonds. The molecule has 0 heterocycles. The fraction of sp³-hybridized carbons (Fsp3) is 0.559. The predicted octanol–water partition coefficient (Wildman–Crippen LogP) is 8.63. The molecule has 2 aromatic rings. The van der Waals surface area contributed by atoms with Crippen molar-refractivity contribution in [2.75, 3.05) is 14.2 Å². The largest absolute Gasteiger partial charge is 0.493 e. The molecule has 0 aliphatic heterocycles. The number of carbonyl (C=O) groups excluding carboxylic acids is 2. The Morgan fingerprint density at radius 3 is 1.78 bits per heavy atom. The number of rotatable bonds is 22. The normalized spacial score (nSPS) is 11.0. The third-order valence-corrected chi connectivity index (χ3v) is 7.12. The van der Waals surface area contributed by atoms with Gasteiger partial charge in [0.25, 0.3) is 0 Å². The van der Waals surface area contributed by atoms with Gasteiger partial charge in [0, 0.05) is 6.42 Å². The standard InChI is InChI=1S/C34H50N2O5/c1-4-5-6-7-8-9-10-11-12-13-14-15-16-17-18-19-33(37)36-35-27-28-20-23-30(24-21-28)41-34(38)29-22-25-31(39-2)32(26-29)40-3/h20-27H,4-19H2,1-3H3,(H,36,37)/b35-27-. The molecule has 0 aromatic heterocycles. The Bertz CT molecular complexity index is 1040. The molecule has 41 heavy (non-hydrogen) atoms. The Morgan fingerprint density at radius 2 is 1.24 bits per heavy atom. The number of benzene rings is 2. The molecule has 0 fully saturated rings. The molecule has 0 radical (unpaired) electrons. The van der Waals surface area contributed by atoms with Crippen molar-refractivity contribution in [2.24, 2.45) is 5.10 Å². The molecule has 0 aliphatic rings. The van der Waals surface area contributed by atoms with Crippen LogP contribution < -0.4 is 19.6 Å². The molecule has 0 atom stereocenters. The van der Waals surface area contributed by atoms with Gasteiger partial charge in [-0.25, -0.2) is 10.2 Å². The highest BCUT2D eigenvalue weighted by Crippen LogP contribution is 2.28. The van der Waals surface area contributed by atoms with E-state index >= 15 is 0 Å². The zero-order valence-electron chi connectivity index (χ0n) is 25.4. The van der Waals surface area contributed by atoms with Crippen molar-refractivity contribution in [1.82, 2.24) is 5.43 Å². The van der Waals surface area contributed by atoms with Crippen molar-refractivity contribution in [3.63, 3.8) is 0 Å². The maximum atomic E-state index is 12.5. The van der Waals surface area contributed by atoms with Gasteiger partial charge in [0.2, 0.25) is 5.91 Å². The quantitative estimate of drug-likeness (QED) is 0.0507. The molecule has 0 bridgehead atoms. The lowest BCUT2D eigenvalue weighted by Crippen LogP contribution is -2.16. The zero-order chi connectivity index (χ0) is 29.5. The van der Waals surface area contributed by atoms with Gasteiger partial charge in [-0.2, -0.15) is 5.10 Å². The van der Waals surface area contributed by atoms with E-state index in [9.17, 15) is 9.59 Å². The molecule has 0 saturated heterocycles. The number of esters is 1. The maximum Gasteiger partial charge on any atom is 0.343 e. The number of nitrogens with zero attached hydrogens (tertiary/aromatic N) is 1. The van der Waals surface area contributed by atoms with Gasteiger partial charge in [0.05, 0.1) is 26.0 Å². The highest BCUT2D eigenvalue weighted by Gasteiger charge is 2.13. The van der Waals surface area contributed by atoms with Crippen LogP contribution in [-0.2, 0) is 4.79 Å². The molecule has 2 aromatic carbocycles. The first kappa shape index (κ1) is 33.9. The van der Waals surface area contributed by atoms with Gasteiger partial charge < -0.3 is 14.2 Å². The third-order valence-electron chi connectivity index (χ3n) is 7.12. The minimum Gasteiger partial charge on any atom is -0.493 e. The summed E-state index contributed by atoms with van der Waals surface area (Å²) in [6.45, 7) is 2.27. The summed E-state index contributed by atoms with van der Waals surface area (Å²) in [5.74, 6) is 0.818. The van der Waals surface area contributed by atoms with Gasteiger partial charge >= 0.3 is 5.97 Å². The number of hydrogen-bond donors (Lipinski definition) is 1. The van der Waals surface area contributed by atoms with E-state index in [0.717, 1.165) is 18.4 Å². The molecule has 0 saturated carbocycles. The summed E-state index contributed by atoms with van der Waals surface area (Å²) in [6, 6.07) is 11.7. The molecule has 7 nitrogen and oxygen atoms in total. The fourth-order valence-corrected chi connectivity index (χ4v) is 4.64. The van der Waals surface area contributed by atoms with Gasteiger partial charge in [0.15, 0.2) is 11.5 Å². The van der Waals surface area contributed by atoms with Crippen molar-refractivity contribution in [3.05, 3.63) is 53.6 Å². The lowest BCUT2D eigenvalue weighted by atomic mass is 10.0. The average molecular weight is 567 g/mol. The number of hydrazone groups is 1. The van der Waals surface area contributed by atoms with E-state index in [2.05, 4.69) is 17.5 Å². The molecular formula is C34H50N2O5. The van der Waals surface area contributed by atoms with Crippen LogP contribution in [0, 0.1) is 0 Å². The second-order valence-electron chi connectivity index (χ2n) is 10.5. The van der Waals surface area contributed by atoms with Crippen LogP contribution in [0.25, 0.3) is 0 Å². The predicted molar refractivity (Wildman–Crippen MR) is 166 cm³/mol. The molecule has 2 rings (SSSR count). The zero-order valence-corrected chi connectivity index (χ0v) is 25.4. The first-order valence-corrected chi connectivity index (χ1v) is 15.4. The maximum absolute atomic E-state index is 12.5. The summed E-state index contributed by atoms with van der Waals surface area (Å²) in [6.07, 6.45) is 21.6. The van der Waals surface area contributed by atoms with E-state index in [1.54, 1.807) is 48.7 Å². The van der Waals surface area contributed by atoms with E-state index in [-0.39, 0.29) is 5.91 Å². The minimum atomic E-state index is -0.501. The van der Waals surface area contributed by atoms with E-state index in [4.69, 9.17) is 14.2 Å². The molecule has 1 N–H and O–H groups in total. The van der Waals surface area contributed by atoms with Crippen LogP contribution in [0.1, 0.15) is 126 Å². The second-order valence-corrected chi connectivity index (χ2v) is 10.5. The van der Waals surface area contributed by atoms with E-state index in [1.165, 1.54) is 97.7 Å². The Balaban J connectivity index is 1.52. The summed E-state index contributed by atoms with van der Waals surface area (Å²) in [5.41, 5.74) is 3.72. The Kier molecular flexibility index (Phi) is 17.7. The van der Waals surface area contributed by atoms with Crippen LogP contribution >= 0.6 is 0 Å². The smallest absolute Gasteiger partial charge is 0.343 e. The van der Waals surface area contributed by atoms with Crippen LogP contribution in [-0.4, -0.2) is 32.3 Å². The lowest BCUT2D eigenvalue weighted by molar-refractivity contribution is -0.121. The van der Waals surface area contributed by atoms with Crippen LogP contribution in [0.5, 0.6) is 17.2 Å². The summed E-state index contributed by atoms with van der Waals surface area (Å²) in [5, 5.41) is 4.05. The second kappa shape index (κ2) is 21.4. The van der Waals surface area contributed by atoms with Gasteiger partial charge in [0.1, 0.15) is 5.75 Å². The van der Waals surface area contributed by atoms with Crippen molar-refractivity contribution in [3.8, 4) is 17.2 Å². The highest BCUT2D eigenvalue weighted by molar-refractivity contribution is 5.92. The van der Waals surface area contributed by atoms with Crippen molar-refractivity contribution < 1.29 is 23.8 Å². The number of hydrogen-bond acceptors (Lipinski definition) is 6. The number of unbranched alkanes of at least 4 members (excludes halogenated alkanes) is 14. The van der Waals surface area contributed by atoms with Crippen LogP contribution in [0.4, 0.5) is 0 Å². The SMILES string of the molecule is CCCCCCCCCCCCCCCCCC(=O)N/N=C\c1ccc(OC(=O)c2ccc(OC)c(OC)c2)cc1. The minimum absolute atomic E-state index is 0.0728. The van der Waals surface area contributed by atoms with Crippen LogP contribution in [0.15, 0.2) is 47.6 Å². The summed E-state index contributed by atoms with van der Waals surface area (Å²) in [7, 11) is 3.05. The highest BCUT2D eigenvalue weighted by atomic mass is 16.5. The molecular weight excluding hydrogens is 516 g/mol. The fourth-order valence-electron chi connectivity index (χ4n) is 4.64. The van der Waals surface area contributed by atoms with Crippen molar-refractivity contribution in [2.45, 2.75) is 110 Å². The van der Waals surface area contributed by atoms with Gasteiger partial charge in [-0.15, -0.1) is 0 Å². The Morgan fingerprint density at radius 1 is 0.707 bits per heavy atom. The average Bonchev–Trinajstić information content (AvgIpc) is 2.99. The number of ether oxygens (including phenoxy) is 3. The van der Waals surface area contributed by atoms with E-state index in [1.807, 2.05) is 0 Å². The molecule has 0 spiro atoms. The molecule has 7 heteroatoms. The van der Waals surface area contributed by atoms with Gasteiger partial charge in [-0.3, -0.25) is 4.79 Å². The summed E-state index contributed by atoms with van der Waals surface area (Å²) < 4.78 is 15.9. The lowest BCUT2D eigenvalue weighted by Gasteiger charge is -2.09. The Labute approximate surface area is 247 Å². The number of amides is 1. The topological polar surface area (TPSA) is 86.2 Å². The van der Waals surface area contributed by atoms with Crippen LogP contribution in [0.3, 0.4) is 0 Å². The third kappa shape index (κ3) is 14.7. The van der Waals surface area contributed by atoms with Gasteiger partial charge in [-0.05, 0) is 54.4 Å². The monoisotopic (exact) mass is 566 g/mol. The number of nitrogens with one attached hydrogen (secondary N) is 1. The molecule has 226 valence electrons. The molecule has 0 aliphatic carbocycles. The number of methoxy groups -OCH3 is 2. The summed E-state index contributed by atoms with van der Waals surface area (Å²) in [4.78, 5) is 24.5. The first-order chi connectivity index (χ1) is 20.1. The van der Waals surface area contributed by atoms with Crippen LogP contribution in [0.2, 0.25) is 0 Å². The van der Waals surface area contributed by atoms with Crippen molar-refractivity contribution in [1.29, 1.82) is 0 Å². The summed E-state index contributed by atoms with van der Waals surface area (Å²) >= 11 is 0. The Hall–Kier alpha value is -3.35. The first-order valence-electron chi connectivity index (χ1n) is 15.4. The number of carbonyl (C=O) groups is 2. The molecule has 0 unspecified atom stereocenters. The van der Waals surface area contributed by atoms with Crippen molar-refractivity contribution >= 4 is 18.1 Å².